The summed E-state index contributed by atoms with van der Waals surface area (Å²) in [7, 11) is 0. The lowest BCUT2D eigenvalue weighted by atomic mass is 10.0. The number of benzene rings is 1. The monoisotopic (exact) mass is 286 g/mol. The number of fused-ring (bicyclic) bond motifs is 3. The number of rotatable bonds is 3. The summed E-state index contributed by atoms with van der Waals surface area (Å²) in [4.78, 5) is 10.8. The maximum atomic E-state index is 14.1. The standard InChI is InChI=1S/C16H12FNO3/c17-12-5-3-4-11-15(12)18-9-2-1-6-13(18)10(16(11)21)7-8-14(19)20/h1-6,9H,7-8H2,(H,19,20)/p+1. The van der Waals surface area contributed by atoms with Gasteiger partial charge in [0.2, 0.25) is 5.52 Å². The van der Waals surface area contributed by atoms with Crippen LogP contribution >= 0.6 is 0 Å². The molecule has 1 aromatic carbocycles. The lowest BCUT2D eigenvalue weighted by Crippen LogP contribution is -2.25. The number of aliphatic carboxylic acids is 1. The molecule has 4 nitrogen and oxygen atoms in total. The van der Waals surface area contributed by atoms with Crippen molar-refractivity contribution < 1.29 is 23.8 Å². The van der Waals surface area contributed by atoms with Crippen LogP contribution in [-0.2, 0) is 11.2 Å². The first kappa shape index (κ1) is 13.3. The maximum Gasteiger partial charge on any atom is 0.303 e. The van der Waals surface area contributed by atoms with Gasteiger partial charge in [-0.05, 0) is 24.6 Å². The smallest absolute Gasteiger partial charge is 0.303 e. The SMILES string of the molecule is O=C(O)CCc1c(O)c2cccc(F)c2[n+]2ccccc12. The minimum absolute atomic E-state index is 0.0584. The van der Waals surface area contributed by atoms with E-state index < -0.39 is 11.8 Å². The van der Waals surface area contributed by atoms with Gasteiger partial charge in [0.1, 0.15) is 5.75 Å². The Balaban J connectivity index is 2.40. The zero-order valence-electron chi connectivity index (χ0n) is 11.1. The van der Waals surface area contributed by atoms with Gasteiger partial charge in [-0.25, -0.2) is 0 Å². The van der Waals surface area contributed by atoms with Crippen LogP contribution < -0.4 is 4.40 Å². The number of aromatic nitrogens is 1. The number of pyridine rings is 2. The van der Waals surface area contributed by atoms with Gasteiger partial charge >= 0.3 is 5.97 Å². The molecule has 0 aliphatic carbocycles. The Morgan fingerprint density at radius 1 is 1.19 bits per heavy atom. The van der Waals surface area contributed by atoms with E-state index in [9.17, 15) is 14.3 Å². The molecule has 0 aliphatic rings. The maximum absolute atomic E-state index is 14.1. The summed E-state index contributed by atoms with van der Waals surface area (Å²) in [5, 5.41) is 19.6. The molecule has 2 N–H and O–H groups in total. The number of carboxylic acids is 1. The Hall–Kier alpha value is -2.69. The molecule has 0 fully saturated rings. The zero-order valence-corrected chi connectivity index (χ0v) is 11.1. The third kappa shape index (κ3) is 2.16. The van der Waals surface area contributed by atoms with E-state index in [-0.39, 0.29) is 24.1 Å². The lowest BCUT2D eigenvalue weighted by Gasteiger charge is -2.07. The molecule has 106 valence electrons. The van der Waals surface area contributed by atoms with Gasteiger partial charge in [-0.1, -0.05) is 6.07 Å². The molecule has 3 rings (SSSR count). The van der Waals surface area contributed by atoms with Crippen molar-refractivity contribution in [3.05, 3.63) is 54.0 Å². The number of carboxylic acid groups (broad SMARTS) is 1. The van der Waals surface area contributed by atoms with Crippen LogP contribution in [0.15, 0.2) is 42.6 Å². The number of aryl methyl sites for hydroxylation is 1. The summed E-state index contributed by atoms with van der Waals surface area (Å²) >= 11 is 0. The third-order valence-electron chi connectivity index (χ3n) is 3.53. The molecule has 0 saturated heterocycles. The van der Waals surface area contributed by atoms with E-state index in [0.29, 0.717) is 16.5 Å². The molecular formula is C16H13FNO3+. The molecule has 0 spiro atoms. The molecule has 3 aromatic rings. The number of nitrogens with zero attached hydrogens (tertiary/aromatic N) is 1. The largest absolute Gasteiger partial charge is 0.507 e. The van der Waals surface area contributed by atoms with Gasteiger partial charge < -0.3 is 10.2 Å². The first-order valence-corrected chi connectivity index (χ1v) is 6.54. The second kappa shape index (κ2) is 5.01. The Morgan fingerprint density at radius 2 is 2.00 bits per heavy atom. The van der Waals surface area contributed by atoms with Gasteiger partial charge in [-0.15, -0.1) is 0 Å². The second-order valence-electron chi connectivity index (χ2n) is 4.81. The van der Waals surface area contributed by atoms with E-state index in [1.807, 2.05) is 0 Å². The van der Waals surface area contributed by atoms with Gasteiger partial charge in [0.15, 0.2) is 12.0 Å². The van der Waals surface area contributed by atoms with Crippen LogP contribution in [0, 0.1) is 5.82 Å². The van der Waals surface area contributed by atoms with Crippen molar-refractivity contribution in [2.75, 3.05) is 0 Å². The average molecular weight is 286 g/mol. The minimum Gasteiger partial charge on any atom is -0.507 e. The fraction of sp³-hybridized carbons (Fsp3) is 0.125. The fourth-order valence-corrected chi connectivity index (χ4v) is 2.60. The lowest BCUT2D eigenvalue weighted by molar-refractivity contribution is -0.483. The van der Waals surface area contributed by atoms with E-state index in [1.165, 1.54) is 12.1 Å². The van der Waals surface area contributed by atoms with Crippen LogP contribution in [0.4, 0.5) is 4.39 Å². The van der Waals surface area contributed by atoms with Crippen LogP contribution in [0.2, 0.25) is 0 Å². The quantitative estimate of drug-likeness (QED) is 0.574. The van der Waals surface area contributed by atoms with Crippen molar-refractivity contribution in [1.29, 1.82) is 0 Å². The van der Waals surface area contributed by atoms with Crippen molar-refractivity contribution in [1.82, 2.24) is 0 Å². The highest BCUT2D eigenvalue weighted by atomic mass is 19.1. The highest BCUT2D eigenvalue weighted by Gasteiger charge is 2.23. The molecule has 0 atom stereocenters. The zero-order chi connectivity index (χ0) is 15.0. The minimum atomic E-state index is -0.942. The van der Waals surface area contributed by atoms with Crippen molar-refractivity contribution in [3.63, 3.8) is 0 Å². The Kier molecular flexibility index (Phi) is 3.17. The number of para-hydroxylation sites is 1. The van der Waals surface area contributed by atoms with Crippen LogP contribution in [0.25, 0.3) is 16.4 Å². The molecule has 21 heavy (non-hydrogen) atoms. The number of hydrogen-bond donors (Lipinski definition) is 2. The van der Waals surface area contributed by atoms with Crippen LogP contribution in [-0.4, -0.2) is 16.2 Å². The molecule has 0 bridgehead atoms. The van der Waals surface area contributed by atoms with Gasteiger partial charge in [0, 0.05) is 18.6 Å². The topological polar surface area (TPSA) is 61.6 Å². The fourth-order valence-electron chi connectivity index (χ4n) is 2.60. The molecular weight excluding hydrogens is 273 g/mol. The summed E-state index contributed by atoms with van der Waals surface area (Å²) < 4.78 is 15.8. The Morgan fingerprint density at radius 3 is 2.76 bits per heavy atom. The normalized spacial score (nSPS) is 11.1. The van der Waals surface area contributed by atoms with Gasteiger partial charge in [-0.3, -0.25) is 4.79 Å². The molecule has 5 heteroatoms. The van der Waals surface area contributed by atoms with Crippen molar-refractivity contribution in [2.45, 2.75) is 12.8 Å². The van der Waals surface area contributed by atoms with E-state index in [4.69, 9.17) is 5.11 Å². The van der Waals surface area contributed by atoms with Crippen molar-refractivity contribution in [3.8, 4) is 5.75 Å². The number of halogens is 1. The van der Waals surface area contributed by atoms with E-state index in [2.05, 4.69) is 0 Å². The predicted molar refractivity (Wildman–Crippen MR) is 74.7 cm³/mol. The average Bonchev–Trinajstić information content (AvgIpc) is 2.47. The molecule has 0 aliphatic heterocycles. The van der Waals surface area contributed by atoms with E-state index in [0.717, 1.165) is 0 Å². The third-order valence-corrected chi connectivity index (χ3v) is 3.53. The van der Waals surface area contributed by atoms with Crippen LogP contribution in [0.5, 0.6) is 5.75 Å². The summed E-state index contributed by atoms with van der Waals surface area (Å²) in [6.07, 6.45) is 1.78. The van der Waals surface area contributed by atoms with Crippen LogP contribution in [0.3, 0.4) is 0 Å². The summed E-state index contributed by atoms with van der Waals surface area (Å²) in [5.41, 5.74) is 1.40. The molecule has 0 radical (unpaired) electrons. The summed E-state index contributed by atoms with van der Waals surface area (Å²) in [5.74, 6) is -1.44. The van der Waals surface area contributed by atoms with E-state index in [1.54, 1.807) is 34.9 Å². The summed E-state index contributed by atoms with van der Waals surface area (Å²) in [6.45, 7) is 0. The first-order chi connectivity index (χ1) is 10.1. The van der Waals surface area contributed by atoms with Crippen LogP contribution in [0.1, 0.15) is 12.0 Å². The van der Waals surface area contributed by atoms with Gasteiger partial charge in [0.05, 0.1) is 10.9 Å². The van der Waals surface area contributed by atoms with Gasteiger partial charge in [0.25, 0.3) is 5.52 Å². The van der Waals surface area contributed by atoms with Gasteiger partial charge in [-0.2, -0.15) is 8.79 Å². The highest BCUT2D eigenvalue weighted by Crippen LogP contribution is 2.31. The molecule has 0 saturated carbocycles. The molecule has 2 aromatic heterocycles. The Bertz CT molecular complexity index is 861. The van der Waals surface area contributed by atoms with Crippen molar-refractivity contribution in [2.24, 2.45) is 0 Å². The first-order valence-electron chi connectivity index (χ1n) is 6.54. The molecule has 0 amide bonds. The highest BCUT2D eigenvalue weighted by molar-refractivity contribution is 5.87. The number of aromatic hydroxyl groups is 1. The number of hydrogen-bond acceptors (Lipinski definition) is 2. The van der Waals surface area contributed by atoms with Crippen molar-refractivity contribution >= 4 is 22.4 Å². The second-order valence-corrected chi connectivity index (χ2v) is 4.81. The number of carbonyl (C=O) groups is 1. The Labute approximate surface area is 119 Å². The predicted octanol–water partition coefficient (Wildman–Crippen LogP) is 2.44. The molecule has 0 unspecified atom stereocenters. The molecule has 2 heterocycles. The summed E-state index contributed by atoms with van der Waals surface area (Å²) in [6, 6.07) is 9.74. The van der Waals surface area contributed by atoms with E-state index >= 15 is 0 Å².